The molecule has 0 radical (unpaired) electrons. The van der Waals surface area contributed by atoms with Crippen LogP contribution in [0.5, 0.6) is 0 Å². The Morgan fingerprint density at radius 2 is 1.07 bits per heavy atom. The molecule has 0 bridgehead atoms. The number of nitrogens with one attached hydrogen (secondary N) is 4. The number of nitrogens with zero attached hydrogens (tertiary/aromatic N) is 7. The minimum absolute atomic E-state index is 0.0364. The van der Waals surface area contributed by atoms with Crippen LogP contribution < -0.4 is 21.8 Å². The number of rotatable bonds is 12. The van der Waals surface area contributed by atoms with E-state index in [9.17, 15) is 19.3 Å². The zero-order valence-corrected chi connectivity index (χ0v) is 40.4. The van der Waals surface area contributed by atoms with E-state index >= 15 is 0 Å². The minimum Gasteiger partial charge on any atom is -0.395 e. The molecule has 0 aliphatic carbocycles. The predicted molar refractivity (Wildman–Crippen MR) is 265 cm³/mol. The Hall–Kier alpha value is -5.85. The standard InChI is InChI=1S/C24H23Cl3N6O3.C21H16Cl3N5O2/c1-12(2)20-19-22(33(32-20)21-16(26)10-14(25)11-17(21)27)30-18(31-23(19)35)9-13-3-5-15(6-4-13)29-24(36)28-7-8-34;1-10(2)18-17-20(29(27-18)19-14(23)8-12(22)9-15(19)24)25-16(26-21(17)30)7-11-3-5-13(28-31)6-4-11/h3-6,10-12,34H,7-9H2,1-2H3,(H2,28,29,36)(H,30,31,35);3-6,8-10H,7H2,1-2H3,(H,25,26,30). The van der Waals surface area contributed by atoms with Gasteiger partial charge in [0.2, 0.25) is 0 Å². The lowest BCUT2D eigenvalue weighted by molar-refractivity contribution is 0.245. The van der Waals surface area contributed by atoms with E-state index in [0.29, 0.717) is 90.7 Å². The second-order valence-electron chi connectivity index (χ2n) is 15.7. The van der Waals surface area contributed by atoms with Gasteiger partial charge in [0, 0.05) is 35.1 Å². The number of H-pyrrole nitrogens is 2. The molecule has 2 amide bonds. The van der Waals surface area contributed by atoms with Crippen molar-refractivity contribution in [3.05, 3.63) is 163 Å². The summed E-state index contributed by atoms with van der Waals surface area (Å²) in [5, 5.41) is 28.8. The topological polar surface area (TPSA) is 218 Å². The normalized spacial score (nSPS) is 11.4. The number of aromatic amines is 2. The fourth-order valence-electron chi connectivity index (χ4n) is 7.07. The zero-order chi connectivity index (χ0) is 48.3. The van der Waals surface area contributed by atoms with Crippen molar-refractivity contribution < 1.29 is 9.90 Å². The highest BCUT2D eigenvalue weighted by Crippen LogP contribution is 2.36. The maximum absolute atomic E-state index is 13.1. The molecule has 0 aliphatic rings. The minimum atomic E-state index is -0.415. The molecule has 346 valence electrons. The van der Waals surface area contributed by atoms with Crippen molar-refractivity contribution in [1.82, 2.24) is 44.8 Å². The quantitative estimate of drug-likeness (QED) is 0.0734. The van der Waals surface area contributed by atoms with Gasteiger partial charge in [0.15, 0.2) is 11.3 Å². The van der Waals surface area contributed by atoms with Gasteiger partial charge in [-0.2, -0.15) is 10.2 Å². The molecule has 0 atom stereocenters. The third-order valence-corrected chi connectivity index (χ3v) is 11.7. The molecule has 5 N–H and O–H groups in total. The highest BCUT2D eigenvalue weighted by Gasteiger charge is 2.25. The Balaban J connectivity index is 0.000000201. The fraction of sp³-hybridized carbons (Fsp3) is 0.222. The number of halogens is 6. The lowest BCUT2D eigenvalue weighted by Gasteiger charge is -2.10. The van der Waals surface area contributed by atoms with E-state index in [1.807, 2.05) is 39.8 Å². The van der Waals surface area contributed by atoms with Gasteiger partial charge < -0.3 is 25.7 Å². The molecule has 8 rings (SSSR count). The van der Waals surface area contributed by atoms with Gasteiger partial charge in [0.1, 0.15) is 39.5 Å². The molecule has 8 aromatic rings. The second-order valence-corrected chi connectivity index (χ2v) is 18.2. The Labute approximate surface area is 411 Å². The van der Waals surface area contributed by atoms with E-state index in [1.54, 1.807) is 60.7 Å². The van der Waals surface area contributed by atoms with Crippen molar-refractivity contribution in [2.24, 2.45) is 5.18 Å². The molecule has 16 nitrogen and oxygen atoms in total. The summed E-state index contributed by atoms with van der Waals surface area (Å²) in [5.41, 5.74) is 4.62. The molecule has 4 aromatic carbocycles. The van der Waals surface area contributed by atoms with Gasteiger partial charge in [-0.15, -0.1) is 4.91 Å². The van der Waals surface area contributed by atoms with E-state index in [2.05, 4.69) is 41.0 Å². The summed E-state index contributed by atoms with van der Waals surface area (Å²) < 4.78 is 2.98. The molecule has 4 aromatic heterocycles. The summed E-state index contributed by atoms with van der Waals surface area (Å²) in [6, 6.07) is 19.6. The molecule has 0 spiro atoms. The summed E-state index contributed by atoms with van der Waals surface area (Å²) in [4.78, 5) is 63.6. The van der Waals surface area contributed by atoms with Gasteiger partial charge in [-0.3, -0.25) is 9.59 Å². The van der Waals surface area contributed by atoms with Gasteiger partial charge in [0.05, 0.1) is 38.1 Å². The Kier molecular flexibility index (Phi) is 15.4. The van der Waals surface area contributed by atoms with Crippen molar-refractivity contribution in [3.63, 3.8) is 0 Å². The van der Waals surface area contributed by atoms with Crippen LogP contribution in [0.15, 0.2) is 87.6 Å². The third kappa shape index (κ3) is 11.0. The van der Waals surface area contributed by atoms with Crippen LogP contribution in [-0.2, 0) is 12.8 Å². The number of nitroso groups, excluding NO2 is 1. The monoisotopic (exact) mass is 1020 g/mol. The van der Waals surface area contributed by atoms with Crippen LogP contribution in [0, 0.1) is 4.91 Å². The highest BCUT2D eigenvalue weighted by molar-refractivity contribution is 6.41. The maximum atomic E-state index is 13.1. The summed E-state index contributed by atoms with van der Waals surface area (Å²) >= 11 is 37.9. The number of carbonyl (C=O) groups is 1. The van der Waals surface area contributed by atoms with Crippen LogP contribution >= 0.6 is 69.6 Å². The number of hydrogen-bond acceptors (Lipinski definition) is 10. The number of fused-ring (bicyclic) bond motifs is 2. The SMILES string of the molecule is CC(C)c1nn(-c2c(Cl)cc(Cl)cc2Cl)c2nc(Cc3ccc(N=O)cc3)[nH]c(=O)c12.CC(C)c1nn(-c2c(Cl)cc(Cl)cc2Cl)c2nc(Cc3ccc(NC(=O)NCCO)cc3)[nH]c(=O)c12. The van der Waals surface area contributed by atoms with Gasteiger partial charge in [0.25, 0.3) is 11.1 Å². The fourth-order valence-corrected chi connectivity index (χ4v) is 9.02. The van der Waals surface area contributed by atoms with Gasteiger partial charge >= 0.3 is 6.03 Å². The predicted octanol–water partition coefficient (Wildman–Crippen LogP) is 11.1. The summed E-state index contributed by atoms with van der Waals surface area (Å²) in [5.74, 6) is 0.765. The van der Waals surface area contributed by atoms with Gasteiger partial charge in [-0.1, -0.05) is 122 Å². The molecule has 0 unspecified atom stereocenters. The van der Waals surface area contributed by atoms with Crippen molar-refractivity contribution in [2.75, 3.05) is 18.5 Å². The molecular formula is C45H39Cl6N11O5. The lowest BCUT2D eigenvalue weighted by atomic mass is 10.1. The van der Waals surface area contributed by atoms with Crippen molar-refractivity contribution in [3.8, 4) is 11.4 Å². The Morgan fingerprint density at radius 1 is 0.672 bits per heavy atom. The number of amides is 2. The Bertz CT molecular complexity index is 3230. The second kappa shape index (κ2) is 21.0. The zero-order valence-electron chi connectivity index (χ0n) is 35.9. The molecule has 0 aliphatic heterocycles. The van der Waals surface area contributed by atoms with E-state index in [4.69, 9.17) is 79.7 Å². The summed E-state index contributed by atoms with van der Waals surface area (Å²) in [7, 11) is 0. The number of aliphatic hydroxyl groups excluding tert-OH is 1. The first-order chi connectivity index (χ1) is 32.0. The van der Waals surface area contributed by atoms with Crippen LogP contribution in [-0.4, -0.2) is 63.8 Å². The molecule has 4 heterocycles. The van der Waals surface area contributed by atoms with Crippen molar-refractivity contribution in [2.45, 2.75) is 52.4 Å². The van der Waals surface area contributed by atoms with E-state index < -0.39 is 6.03 Å². The van der Waals surface area contributed by atoms with Crippen LogP contribution in [0.4, 0.5) is 16.2 Å². The van der Waals surface area contributed by atoms with Crippen LogP contribution in [0.1, 0.15) is 73.7 Å². The van der Waals surface area contributed by atoms with E-state index in [0.717, 1.165) is 11.1 Å². The number of aromatic nitrogens is 8. The number of hydrogen-bond donors (Lipinski definition) is 5. The van der Waals surface area contributed by atoms with Gasteiger partial charge in [-0.25, -0.2) is 24.1 Å². The average molecular weight is 1030 g/mol. The molecule has 22 heteroatoms. The maximum Gasteiger partial charge on any atom is 0.319 e. The van der Waals surface area contributed by atoms with E-state index in [-0.39, 0.29) is 56.2 Å². The number of benzene rings is 4. The van der Waals surface area contributed by atoms with Crippen molar-refractivity contribution in [1.29, 1.82) is 0 Å². The van der Waals surface area contributed by atoms with Crippen LogP contribution in [0.25, 0.3) is 33.4 Å². The summed E-state index contributed by atoms with van der Waals surface area (Å²) in [6.07, 6.45) is 0.668. The average Bonchev–Trinajstić information content (AvgIpc) is 3.84. The van der Waals surface area contributed by atoms with Crippen LogP contribution in [0.2, 0.25) is 30.1 Å². The molecule has 0 saturated heterocycles. The molecule has 0 saturated carbocycles. The van der Waals surface area contributed by atoms with E-state index in [1.165, 1.54) is 9.36 Å². The first-order valence-corrected chi connectivity index (χ1v) is 22.7. The smallest absolute Gasteiger partial charge is 0.319 e. The molecule has 0 fully saturated rings. The Morgan fingerprint density at radius 3 is 1.45 bits per heavy atom. The lowest BCUT2D eigenvalue weighted by Crippen LogP contribution is -2.30. The third-order valence-electron chi connectivity index (χ3n) is 10.1. The largest absolute Gasteiger partial charge is 0.395 e. The van der Waals surface area contributed by atoms with Crippen molar-refractivity contribution >= 4 is 109 Å². The summed E-state index contributed by atoms with van der Waals surface area (Å²) in [6.45, 7) is 7.76. The molecule has 67 heavy (non-hydrogen) atoms. The number of anilines is 1. The highest BCUT2D eigenvalue weighted by atomic mass is 35.5. The van der Waals surface area contributed by atoms with Crippen LogP contribution in [0.3, 0.4) is 0 Å². The number of aliphatic hydroxyl groups is 1. The number of carbonyl (C=O) groups excluding carboxylic acids is 1. The first-order valence-electron chi connectivity index (χ1n) is 20.5. The molecular weight excluding hydrogens is 987 g/mol. The number of urea groups is 1. The van der Waals surface area contributed by atoms with Gasteiger partial charge in [-0.05, 0) is 76.7 Å². The first kappa shape index (κ1) is 49.1.